The van der Waals surface area contributed by atoms with E-state index in [0.717, 1.165) is 71.6 Å². The van der Waals surface area contributed by atoms with Gasteiger partial charge in [-0.2, -0.15) is 0 Å². The van der Waals surface area contributed by atoms with E-state index in [1.807, 2.05) is 50.3 Å². The van der Waals surface area contributed by atoms with E-state index in [0.29, 0.717) is 30.2 Å². The summed E-state index contributed by atoms with van der Waals surface area (Å²) < 4.78 is 0. The summed E-state index contributed by atoms with van der Waals surface area (Å²) in [5, 5.41) is 19.8. The maximum Gasteiger partial charge on any atom is 0.270 e. The van der Waals surface area contributed by atoms with E-state index in [4.69, 9.17) is 16.6 Å². The summed E-state index contributed by atoms with van der Waals surface area (Å²) in [4.78, 5) is 32.1. The van der Waals surface area contributed by atoms with Crippen LogP contribution in [0.25, 0.3) is 16.7 Å². The van der Waals surface area contributed by atoms with Crippen molar-refractivity contribution in [3.8, 4) is 11.1 Å². The van der Waals surface area contributed by atoms with Crippen LogP contribution >= 0.6 is 11.6 Å². The molecule has 8 nitrogen and oxygen atoms in total. The molecular formula is C38H44ClN5O3. The lowest BCUT2D eigenvalue weighted by atomic mass is 9.75. The summed E-state index contributed by atoms with van der Waals surface area (Å²) in [6, 6.07) is 16.6. The number of allylic oxidation sites excluding steroid dienone is 2. The summed E-state index contributed by atoms with van der Waals surface area (Å²) in [5.74, 6) is -0.145. The van der Waals surface area contributed by atoms with Crippen LogP contribution < -0.4 is 16.0 Å². The fourth-order valence-corrected chi connectivity index (χ4v) is 7.34. The highest BCUT2D eigenvalue weighted by Crippen LogP contribution is 2.42. The minimum absolute atomic E-state index is 0.0685. The van der Waals surface area contributed by atoms with Gasteiger partial charge in [0.05, 0.1) is 22.9 Å². The first-order valence-corrected chi connectivity index (χ1v) is 17.0. The van der Waals surface area contributed by atoms with E-state index < -0.39 is 5.54 Å². The first kappa shape index (κ1) is 33.1. The Hall–Kier alpha value is -3.82. The standard InChI is InChI=1S/C38H44ClN5O3/c1-24-20-33(42-34-23-44(18-19-45)17-15-29(24)34)37(47)43-38(3)16-5-8-30(25(38)2)32-7-4-6-31(36(32)39)27-11-9-26(10-12-27)21-40-22-28-13-14-35(46)41-28/h4-12,16,20,25,28,40,45H,13-15,17-19,21-23H2,1-3H3,(H,41,46)(H,43,47). The molecule has 2 amide bonds. The van der Waals surface area contributed by atoms with Crippen LogP contribution in [0.3, 0.4) is 0 Å². The topological polar surface area (TPSA) is 107 Å². The molecule has 0 radical (unpaired) electrons. The number of halogens is 1. The lowest BCUT2D eigenvalue weighted by molar-refractivity contribution is -0.119. The smallest absolute Gasteiger partial charge is 0.270 e. The average molecular weight is 654 g/mol. The largest absolute Gasteiger partial charge is 0.395 e. The number of aryl methyl sites for hydroxylation is 1. The number of carbonyl (C=O) groups excluding carboxylic acids is 2. The van der Waals surface area contributed by atoms with Crippen LogP contribution in [0.1, 0.15) is 65.1 Å². The Bertz CT molecular complexity index is 1720. The van der Waals surface area contributed by atoms with Gasteiger partial charge in [-0.15, -0.1) is 0 Å². The zero-order valence-corrected chi connectivity index (χ0v) is 28.2. The summed E-state index contributed by atoms with van der Waals surface area (Å²) >= 11 is 7.13. The minimum atomic E-state index is -0.662. The quantitative estimate of drug-likeness (QED) is 0.240. The van der Waals surface area contributed by atoms with Crippen molar-refractivity contribution in [2.45, 2.75) is 64.7 Å². The molecule has 6 rings (SSSR count). The van der Waals surface area contributed by atoms with Gasteiger partial charge in [0, 0.05) is 56.7 Å². The van der Waals surface area contributed by atoms with Crippen molar-refractivity contribution in [3.05, 3.63) is 105 Å². The molecule has 1 saturated heterocycles. The van der Waals surface area contributed by atoms with E-state index in [1.165, 1.54) is 5.56 Å². The van der Waals surface area contributed by atoms with E-state index in [-0.39, 0.29) is 30.4 Å². The van der Waals surface area contributed by atoms with Gasteiger partial charge in [-0.3, -0.25) is 14.5 Å². The second kappa shape index (κ2) is 14.1. The molecule has 3 heterocycles. The summed E-state index contributed by atoms with van der Waals surface area (Å²) in [5.41, 5.74) is 8.09. The minimum Gasteiger partial charge on any atom is -0.395 e. The Morgan fingerprint density at radius 2 is 1.96 bits per heavy atom. The lowest BCUT2D eigenvalue weighted by Crippen LogP contribution is -2.50. The first-order valence-electron chi connectivity index (χ1n) is 16.6. The van der Waals surface area contributed by atoms with E-state index in [2.05, 4.69) is 58.1 Å². The number of amides is 2. The van der Waals surface area contributed by atoms with Gasteiger partial charge in [-0.05, 0) is 66.1 Å². The molecule has 3 atom stereocenters. The Labute approximate surface area is 282 Å². The van der Waals surface area contributed by atoms with Crippen molar-refractivity contribution in [2.24, 2.45) is 5.92 Å². The number of aliphatic hydroxyl groups excluding tert-OH is 1. The highest BCUT2D eigenvalue weighted by Gasteiger charge is 2.36. The van der Waals surface area contributed by atoms with Gasteiger partial charge in [0.2, 0.25) is 5.91 Å². The molecule has 2 aliphatic heterocycles. The molecule has 246 valence electrons. The van der Waals surface area contributed by atoms with Crippen molar-refractivity contribution in [1.29, 1.82) is 0 Å². The van der Waals surface area contributed by atoms with Gasteiger partial charge in [0.15, 0.2) is 0 Å². The third-order valence-electron chi connectivity index (χ3n) is 9.98. The molecule has 2 aromatic carbocycles. The van der Waals surface area contributed by atoms with Gasteiger partial charge < -0.3 is 21.1 Å². The molecule has 47 heavy (non-hydrogen) atoms. The molecule has 3 aliphatic rings. The van der Waals surface area contributed by atoms with Crippen LogP contribution in [0.4, 0.5) is 0 Å². The molecular weight excluding hydrogens is 610 g/mol. The number of nitrogens with one attached hydrogen (secondary N) is 3. The maximum atomic E-state index is 13.7. The average Bonchev–Trinajstić information content (AvgIpc) is 3.47. The maximum absolute atomic E-state index is 13.7. The third kappa shape index (κ3) is 7.21. The summed E-state index contributed by atoms with van der Waals surface area (Å²) in [6.45, 7) is 9.91. The van der Waals surface area contributed by atoms with Gasteiger partial charge in [0.1, 0.15) is 5.69 Å². The molecule has 0 bridgehead atoms. The Morgan fingerprint density at radius 3 is 2.70 bits per heavy atom. The second-order valence-corrected chi connectivity index (χ2v) is 13.6. The van der Waals surface area contributed by atoms with Gasteiger partial charge in [-0.1, -0.05) is 79.2 Å². The second-order valence-electron chi connectivity index (χ2n) is 13.2. The van der Waals surface area contributed by atoms with Crippen molar-refractivity contribution < 1.29 is 14.7 Å². The third-order valence-corrected chi connectivity index (χ3v) is 10.4. The number of β-amino-alcohol motifs (C(OH)–C–C–N with tert-alkyl or cyclic N) is 1. The molecule has 4 N–H and O–H groups in total. The van der Waals surface area contributed by atoms with E-state index in [1.54, 1.807) is 0 Å². The number of fused-ring (bicyclic) bond motifs is 1. The van der Waals surface area contributed by atoms with Gasteiger partial charge >= 0.3 is 0 Å². The number of benzene rings is 2. The van der Waals surface area contributed by atoms with Crippen molar-refractivity contribution in [3.63, 3.8) is 0 Å². The number of carbonyl (C=O) groups is 2. The SMILES string of the molecule is Cc1cc(C(=O)NC2(C)C=CC=C(c3cccc(-c4ccc(CNCC5CCC(=O)N5)cc4)c3Cl)C2C)nc2c1CCN(CCO)C2. The van der Waals surface area contributed by atoms with Crippen LogP contribution in [-0.4, -0.2) is 64.6 Å². The van der Waals surface area contributed by atoms with Gasteiger partial charge in [0.25, 0.3) is 5.91 Å². The molecule has 3 aromatic rings. The highest BCUT2D eigenvalue weighted by atomic mass is 35.5. The van der Waals surface area contributed by atoms with Crippen LogP contribution in [0.5, 0.6) is 0 Å². The summed E-state index contributed by atoms with van der Waals surface area (Å²) in [7, 11) is 0. The molecule has 1 aliphatic carbocycles. The predicted molar refractivity (Wildman–Crippen MR) is 187 cm³/mol. The van der Waals surface area contributed by atoms with Gasteiger partial charge in [-0.25, -0.2) is 4.98 Å². The number of pyridine rings is 1. The zero-order chi connectivity index (χ0) is 33.1. The number of hydrogen-bond acceptors (Lipinski definition) is 6. The van der Waals surface area contributed by atoms with E-state index >= 15 is 0 Å². The van der Waals surface area contributed by atoms with Crippen molar-refractivity contribution in [1.82, 2.24) is 25.8 Å². The Balaban J connectivity index is 1.15. The molecule has 1 fully saturated rings. The number of aromatic nitrogens is 1. The first-order chi connectivity index (χ1) is 22.6. The molecule has 9 heteroatoms. The number of nitrogens with zero attached hydrogens (tertiary/aromatic N) is 2. The number of aliphatic hydroxyl groups is 1. The van der Waals surface area contributed by atoms with E-state index in [9.17, 15) is 14.7 Å². The van der Waals surface area contributed by atoms with Crippen LogP contribution in [-0.2, 0) is 24.3 Å². The molecule has 0 saturated carbocycles. The Kier molecular flexibility index (Phi) is 9.94. The Morgan fingerprint density at radius 1 is 1.17 bits per heavy atom. The molecule has 1 aromatic heterocycles. The number of hydrogen-bond donors (Lipinski definition) is 4. The monoisotopic (exact) mass is 653 g/mol. The highest BCUT2D eigenvalue weighted by molar-refractivity contribution is 6.35. The number of rotatable bonds is 10. The summed E-state index contributed by atoms with van der Waals surface area (Å²) in [6.07, 6.45) is 8.48. The van der Waals surface area contributed by atoms with Crippen LogP contribution in [0.2, 0.25) is 5.02 Å². The normalized spacial score (nSPS) is 22.5. The lowest BCUT2D eigenvalue weighted by Gasteiger charge is -2.38. The fourth-order valence-electron chi connectivity index (χ4n) is 6.99. The van der Waals surface area contributed by atoms with Crippen LogP contribution in [0, 0.1) is 12.8 Å². The van der Waals surface area contributed by atoms with Crippen LogP contribution in [0.15, 0.2) is 66.8 Å². The van der Waals surface area contributed by atoms with Crippen molar-refractivity contribution in [2.75, 3.05) is 26.2 Å². The zero-order valence-electron chi connectivity index (χ0n) is 27.4. The molecule has 3 unspecified atom stereocenters. The molecule has 0 spiro atoms. The van der Waals surface area contributed by atoms with Crippen molar-refractivity contribution >= 4 is 29.0 Å². The fraction of sp³-hybridized carbons (Fsp3) is 0.395. The predicted octanol–water partition coefficient (Wildman–Crippen LogP) is 5.21.